The monoisotopic (exact) mass is 437 g/mol. The summed E-state index contributed by atoms with van der Waals surface area (Å²) in [5.74, 6) is -0.0742. The van der Waals surface area contributed by atoms with Gasteiger partial charge in [0, 0.05) is 15.7 Å². The number of carbonyl (C=O) groups excluding carboxylic acids is 2. The average molecular weight is 438 g/mol. The van der Waals surface area contributed by atoms with E-state index in [1.807, 2.05) is 36.4 Å². The molecule has 4 nitrogen and oxygen atoms in total. The lowest BCUT2D eigenvalue weighted by atomic mass is 10.1. The third-order valence-electron chi connectivity index (χ3n) is 3.32. The van der Waals surface area contributed by atoms with Gasteiger partial charge in [0.05, 0.1) is 19.3 Å². The molecule has 0 fully saturated rings. The van der Waals surface area contributed by atoms with E-state index in [2.05, 4.69) is 21.2 Å². The predicted octanol–water partition coefficient (Wildman–Crippen LogP) is 4.48. The largest absolute Gasteiger partial charge is 0.469 e. The molecule has 25 heavy (non-hydrogen) atoms. The molecule has 0 amide bonds. The standard InChI is InChI=1S/C18H16BrNO3S2/c1-23-17(22)10-13-4-2-3-5-15(13)20-18(24)25-11-16(21)12-6-8-14(19)9-7-12/h2-9H,10-11H2,1H3,(H,20,24). The van der Waals surface area contributed by atoms with Crippen LogP contribution in [-0.2, 0) is 16.0 Å². The summed E-state index contributed by atoms with van der Waals surface area (Å²) in [5, 5.41) is 3.08. The van der Waals surface area contributed by atoms with Gasteiger partial charge in [-0.25, -0.2) is 0 Å². The van der Waals surface area contributed by atoms with Crippen molar-refractivity contribution in [3.8, 4) is 0 Å². The molecular formula is C18H16BrNO3S2. The Hall–Kier alpha value is -1.70. The second-order valence-electron chi connectivity index (χ2n) is 5.04. The Morgan fingerprint density at radius 2 is 1.84 bits per heavy atom. The van der Waals surface area contributed by atoms with E-state index in [4.69, 9.17) is 17.0 Å². The zero-order valence-corrected chi connectivity index (χ0v) is 16.7. The molecule has 0 radical (unpaired) electrons. The third-order valence-corrected chi connectivity index (χ3v) is 5.07. The second kappa shape index (κ2) is 9.70. The van der Waals surface area contributed by atoms with Gasteiger partial charge in [-0.15, -0.1) is 0 Å². The number of thiocarbonyl (C=S) groups is 1. The Balaban J connectivity index is 1.93. The molecule has 2 aromatic rings. The molecule has 130 valence electrons. The van der Waals surface area contributed by atoms with Crippen LogP contribution >= 0.6 is 39.9 Å². The molecule has 0 aromatic heterocycles. The fraction of sp³-hybridized carbons (Fsp3) is 0.167. The number of carbonyl (C=O) groups is 2. The maximum absolute atomic E-state index is 12.2. The highest BCUT2D eigenvalue weighted by Crippen LogP contribution is 2.19. The summed E-state index contributed by atoms with van der Waals surface area (Å²) < 4.78 is 6.10. The van der Waals surface area contributed by atoms with Gasteiger partial charge >= 0.3 is 5.97 Å². The highest BCUT2D eigenvalue weighted by molar-refractivity contribution is 9.10. The number of hydrogen-bond acceptors (Lipinski definition) is 5. The van der Waals surface area contributed by atoms with Crippen LogP contribution in [-0.4, -0.2) is 28.9 Å². The molecule has 1 N–H and O–H groups in total. The second-order valence-corrected chi connectivity index (χ2v) is 7.61. The van der Waals surface area contributed by atoms with Gasteiger partial charge in [0.15, 0.2) is 5.78 Å². The van der Waals surface area contributed by atoms with Gasteiger partial charge in [-0.2, -0.15) is 0 Å². The van der Waals surface area contributed by atoms with Gasteiger partial charge in [0.1, 0.15) is 4.32 Å². The molecule has 7 heteroatoms. The van der Waals surface area contributed by atoms with Crippen LogP contribution < -0.4 is 5.32 Å². The van der Waals surface area contributed by atoms with Crippen LogP contribution in [0, 0.1) is 0 Å². The summed E-state index contributed by atoms with van der Waals surface area (Å²) in [6.45, 7) is 0. The van der Waals surface area contributed by atoms with Gasteiger partial charge in [0.2, 0.25) is 0 Å². The molecule has 0 atom stereocenters. The Morgan fingerprint density at radius 1 is 1.16 bits per heavy atom. The maximum atomic E-state index is 12.2. The van der Waals surface area contributed by atoms with Crippen molar-refractivity contribution in [3.63, 3.8) is 0 Å². The van der Waals surface area contributed by atoms with Crippen LogP contribution in [0.2, 0.25) is 0 Å². The lowest BCUT2D eigenvalue weighted by molar-refractivity contribution is -0.139. The van der Waals surface area contributed by atoms with Crippen molar-refractivity contribution in [1.29, 1.82) is 0 Å². The number of methoxy groups -OCH3 is 1. The number of hydrogen-bond donors (Lipinski definition) is 1. The number of benzene rings is 2. The number of halogens is 1. The van der Waals surface area contributed by atoms with Crippen molar-refractivity contribution >= 4 is 61.7 Å². The summed E-state index contributed by atoms with van der Waals surface area (Å²) in [4.78, 5) is 23.7. The topological polar surface area (TPSA) is 55.4 Å². The van der Waals surface area contributed by atoms with Crippen molar-refractivity contribution < 1.29 is 14.3 Å². The van der Waals surface area contributed by atoms with Crippen LogP contribution in [0.5, 0.6) is 0 Å². The van der Waals surface area contributed by atoms with E-state index >= 15 is 0 Å². The first-order valence-electron chi connectivity index (χ1n) is 7.37. The number of esters is 1. The number of ketones is 1. The third kappa shape index (κ3) is 6.26. The molecule has 0 bridgehead atoms. The number of rotatable bonds is 6. The quantitative estimate of drug-likeness (QED) is 0.408. The number of anilines is 1. The van der Waals surface area contributed by atoms with E-state index in [0.29, 0.717) is 9.88 Å². The van der Waals surface area contributed by atoms with E-state index in [1.54, 1.807) is 12.1 Å². The van der Waals surface area contributed by atoms with Crippen molar-refractivity contribution in [3.05, 3.63) is 64.1 Å². The van der Waals surface area contributed by atoms with Crippen LogP contribution in [0.4, 0.5) is 5.69 Å². The molecule has 0 aliphatic carbocycles. The number of para-hydroxylation sites is 1. The average Bonchev–Trinajstić information content (AvgIpc) is 2.61. The Kier molecular flexibility index (Phi) is 7.61. The van der Waals surface area contributed by atoms with Gasteiger partial charge in [-0.05, 0) is 23.8 Å². The van der Waals surface area contributed by atoms with E-state index < -0.39 is 0 Å². The number of nitrogens with one attached hydrogen (secondary N) is 1. The molecule has 0 unspecified atom stereocenters. The Bertz CT molecular complexity index is 778. The Labute approximate surface area is 164 Å². The van der Waals surface area contributed by atoms with Gasteiger partial charge in [-0.1, -0.05) is 70.2 Å². The highest BCUT2D eigenvalue weighted by atomic mass is 79.9. The molecular weight excluding hydrogens is 422 g/mol. The van der Waals surface area contributed by atoms with E-state index in [-0.39, 0.29) is 23.9 Å². The number of thioether (sulfide) groups is 1. The zero-order valence-electron chi connectivity index (χ0n) is 13.5. The number of ether oxygens (including phenoxy) is 1. The molecule has 0 aliphatic rings. The minimum atomic E-state index is -0.321. The van der Waals surface area contributed by atoms with Crippen molar-refractivity contribution in [2.75, 3.05) is 18.2 Å². The van der Waals surface area contributed by atoms with Crippen LogP contribution in [0.25, 0.3) is 0 Å². The first-order valence-corrected chi connectivity index (χ1v) is 9.55. The highest BCUT2D eigenvalue weighted by Gasteiger charge is 2.11. The van der Waals surface area contributed by atoms with Gasteiger partial charge in [0.25, 0.3) is 0 Å². The minimum Gasteiger partial charge on any atom is -0.469 e. The molecule has 0 aliphatic heterocycles. The lowest BCUT2D eigenvalue weighted by Crippen LogP contribution is -2.12. The molecule has 0 saturated heterocycles. The smallest absolute Gasteiger partial charge is 0.310 e. The van der Waals surface area contributed by atoms with Crippen LogP contribution in [0.1, 0.15) is 15.9 Å². The molecule has 0 saturated carbocycles. The number of Topliss-reactive ketones (excluding diaryl/α,β-unsaturated/α-hetero) is 1. The normalized spacial score (nSPS) is 10.2. The molecule has 2 rings (SSSR count). The minimum absolute atomic E-state index is 0.00416. The Morgan fingerprint density at radius 3 is 2.52 bits per heavy atom. The van der Waals surface area contributed by atoms with Crippen molar-refractivity contribution in [2.45, 2.75) is 6.42 Å². The van der Waals surface area contributed by atoms with Crippen LogP contribution in [0.15, 0.2) is 53.0 Å². The summed E-state index contributed by atoms with van der Waals surface area (Å²) in [6.07, 6.45) is 0.158. The molecule has 0 heterocycles. The van der Waals surface area contributed by atoms with Gasteiger partial charge < -0.3 is 10.1 Å². The predicted molar refractivity (Wildman–Crippen MR) is 109 cm³/mol. The molecule has 0 spiro atoms. The maximum Gasteiger partial charge on any atom is 0.310 e. The summed E-state index contributed by atoms with van der Waals surface area (Å²) in [5.41, 5.74) is 2.17. The first kappa shape index (κ1) is 19.6. The van der Waals surface area contributed by atoms with Crippen molar-refractivity contribution in [2.24, 2.45) is 0 Å². The molecule has 2 aromatic carbocycles. The summed E-state index contributed by atoms with van der Waals surface area (Å²) in [7, 11) is 1.35. The van der Waals surface area contributed by atoms with E-state index in [0.717, 1.165) is 15.7 Å². The van der Waals surface area contributed by atoms with E-state index in [9.17, 15) is 9.59 Å². The lowest BCUT2D eigenvalue weighted by Gasteiger charge is -2.11. The zero-order chi connectivity index (χ0) is 18.2. The van der Waals surface area contributed by atoms with Crippen molar-refractivity contribution in [1.82, 2.24) is 0 Å². The SMILES string of the molecule is COC(=O)Cc1ccccc1NC(=S)SCC(=O)c1ccc(Br)cc1. The van der Waals surface area contributed by atoms with Crippen LogP contribution in [0.3, 0.4) is 0 Å². The fourth-order valence-corrected chi connectivity index (χ4v) is 3.18. The fourth-order valence-electron chi connectivity index (χ4n) is 2.02. The van der Waals surface area contributed by atoms with E-state index in [1.165, 1.54) is 18.9 Å². The van der Waals surface area contributed by atoms with Gasteiger partial charge in [-0.3, -0.25) is 9.59 Å². The summed E-state index contributed by atoms with van der Waals surface area (Å²) >= 11 is 9.90. The summed E-state index contributed by atoms with van der Waals surface area (Å²) in [6, 6.07) is 14.6. The first-order chi connectivity index (χ1) is 12.0.